The maximum Gasteiger partial charge on any atom is 0.261 e. The molecule has 2 aromatic heterocycles. The average Bonchev–Trinajstić information content (AvgIpc) is 3.29. The molecule has 2 N–H and O–H groups in total. The lowest BCUT2D eigenvalue weighted by Crippen LogP contribution is -2.47. The molecule has 7 heteroatoms. The predicted molar refractivity (Wildman–Crippen MR) is 112 cm³/mol. The third-order valence-electron chi connectivity index (χ3n) is 5.51. The zero-order valence-corrected chi connectivity index (χ0v) is 17.1. The first kappa shape index (κ1) is 19.1. The topological polar surface area (TPSA) is 68.2 Å². The largest absolute Gasteiger partial charge is 0.384 e. The van der Waals surface area contributed by atoms with Gasteiger partial charge >= 0.3 is 0 Å². The molecule has 28 heavy (non-hydrogen) atoms. The van der Waals surface area contributed by atoms with Crippen LogP contribution in [0.4, 0.5) is 0 Å². The van der Waals surface area contributed by atoms with Crippen LogP contribution < -0.4 is 10.6 Å². The molecular weight excluding hydrogens is 372 g/mol. The molecule has 6 nitrogen and oxygen atoms in total. The standard InChI is InChI=1S/C21H26N4O2S/c1-15-17-12-18(28-20(17)25(24-15)16-6-4-3-5-7-16)19(26)23-13-21(14-27-2)8-10-22-11-9-21/h3-7,12,22H,8-11,13-14H2,1-2H3,(H,23,26). The molecule has 0 bridgehead atoms. The lowest BCUT2D eigenvalue weighted by atomic mass is 9.79. The van der Waals surface area contributed by atoms with Gasteiger partial charge in [-0.15, -0.1) is 11.3 Å². The van der Waals surface area contributed by atoms with Crippen LogP contribution in [-0.2, 0) is 4.74 Å². The Morgan fingerprint density at radius 2 is 2.07 bits per heavy atom. The van der Waals surface area contributed by atoms with Gasteiger partial charge in [0.05, 0.1) is 22.9 Å². The number of para-hydroxylation sites is 1. The molecule has 0 atom stereocenters. The number of piperidine rings is 1. The van der Waals surface area contributed by atoms with Crippen LogP contribution in [0.5, 0.6) is 0 Å². The highest BCUT2D eigenvalue weighted by molar-refractivity contribution is 7.20. The van der Waals surface area contributed by atoms with Gasteiger partial charge in [-0.05, 0) is 51.1 Å². The summed E-state index contributed by atoms with van der Waals surface area (Å²) in [4.78, 5) is 14.6. The first-order valence-electron chi connectivity index (χ1n) is 9.64. The van der Waals surface area contributed by atoms with E-state index in [0.29, 0.717) is 13.2 Å². The minimum atomic E-state index is -0.0192. The van der Waals surface area contributed by atoms with E-state index in [2.05, 4.69) is 15.7 Å². The van der Waals surface area contributed by atoms with Crippen LogP contribution in [0.1, 0.15) is 28.2 Å². The van der Waals surface area contributed by atoms with Crippen LogP contribution >= 0.6 is 11.3 Å². The van der Waals surface area contributed by atoms with Crippen LogP contribution in [0.15, 0.2) is 36.4 Å². The molecule has 1 fully saturated rings. The Morgan fingerprint density at radius 1 is 1.32 bits per heavy atom. The summed E-state index contributed by atoms with van der Waals surface area (Å²) in [7, 11) is 1.73. The number of aromatic nitrogens is 2. The van der Waals surface area contributed by atoms with E-state index in [0.717, 1.165) is 52.4 Å². The van der Waals surface area contributed by atoms with Gasteiger partial charge in [-0.2, -0.15) is 5.10 Å². The fourth-order valence-electron chi connectivity index (χ4n) is 3.89. The third-order valence-corrected chi connectivity index (χ3v) is 6.62. The number of carbonyl (C=O) groups excluding carboxylic acids is 1. The van der Waals surface area contributed by atoms with Crippen LogP contribution in [-0.4, -0.2) is 49.0 Å². The normalized spacial score (nSPS) is 16.4. The number of thiophene rings is 1. The van der Waals surface area contributed by atoms with Gasteiger partial charge in [0.1, 0.15) is 4.83 Å². The highest BCUT2D eigenvalue weighted by atomic mass is 32.1. The molecule has 4 rings (SSSR count). The number of ether oxygens (including phenoxy) is 1. The van der Waals surface area contributed by atoms with Crippen LogP contribution in [0.25, 0.3) is 15.9 Å². The fraction of sp³-hybridized carbons (Fsp3) is 0.429. The maximum absolute atomic E-state index is 12.9. The molecule has 0 spiro atoms. The Morgan fingerprint density at radius 3 is 2.79 bits per heavy atom. The molecule has 3 heterocycles. The number of fused-ring (bicyclic) bond motifs is 1. The van der Waals surface area contributed by atoms with Gasteiger partial charge in [-0.3, -0.25) is 4.79 Å². The number of nitrogens with zero attached hydrogens (tertiary/aromatic N) is 2. The van der Waals surface area contributed by atoms with Crippen molar-refractivity contribution in [3.8, 4) is 5.69 Å². The summed E-state index contributed by atoms with van der Waals surface area (Å²) in [6.07, 6.45) is 2.02. The third kappa shape index (κ3) is 3.70. The molecule has 148 valence electrons. The second kappa shape index (κ2) is 8.03. The molecule has 3 aromatic rings. The molecular formula is C21H26N4O2S. The van der Waals surface area contributed by atoms with Crippen molar-refractivity contribution in [2.45, 2.75) is 19.8 Å². The Labute approximate surface area is 168 Å². The van der Waals surface area contributed by atoms with Gasteiger partial charge in [0, 0.05) is 24.5 Å². The second-order valence-electron chi connectivity index (χ2n) is 7.53. The number of nitrogens with one attached hydrogen (secondary N) is 2. The van der Waals surface area contributed by atoms with Gasteiger partial charge in [0.15, 0.2) is 0 Å². The lowest BCUT2D eigenvalue weighted by Gasteiger charge is -2.37. The van der Waals surface area contributed by atoms with Crippen molar-refractivity contribution in [3.63, 3.8) is 0 Å². The molecule has 0 aliphatic carbocycles. The zero-order valence-electron chi connectivity index (χ0n) is 16.3. The highest BCUT2D eigenvalue weighted by Crippen LogP contribution is 2.31. The molecule has 1 aliphatic rings. The van der Waals surface area contributed by atoms with E-state index >= 15 is 0 Å². The minimum absolute atomic E-state index is 0.0170. The van der Waals surface area contributed by atoms with E-state index < -0.39 is 0 Å². The maximum atomic E-state index is 12.9. The first-order chi connectivity index (χ1) is 13.6. The van der Waals surface area contributed by atoms with Gasteiger partial charge in [-0.1, -0.05) is 18.2 Å². The van der Waals surface area contributed by atoms with Gasteiger partial charge in [0.2, 0.25) is 0 Å². The van der Waals surface area contributed by atoms with E-state index in [1.54, 1.807) is 7.11 Å². The van der Waals surface area contributed by atoms with Crippen molar-refractivity contribution in [2.24, 2.45) is 5.41 Å². The quantitative estimate of drug-likeness (QED) is 0.669. The van der Waals surface area contributed by atoms with E-state index in [9.17, 15) is 4.79 Å². The van der Waals surface area contributed by atoms with Crippen molar-refractivity contribution in [1.82, 2.24) is 20.4 Å². The summed E-state index contributed by atoms with van der Waals surface area (Å²) in [5, 5.41) is 12.2. The highest BCUT2D eigenvalue weighted by Gasteiger charge is 2.32. The molecule has 0 radical (unpaired) electrons. The van der Waals surface area contributed by atoms with Crippen LogP contribution in [0, 0.1) is 12.3 Å². The number of hydrogen-bond acceptors (Lipinski definition) is 5. The average molecular weight is 399 g/mol. The second-order valence-corrected chi connectivity index (χ2v) is 8.56. The fourth-order valence-corrected chi connectivity index (χ4v) is 4.99. The summed E-state index contributed by atoms with van der Waals surface area (Å²) in [6.45, 7) is 5.23. The van der Waals surface area contributed by atoms with Gasteiger partial charge < -0.3 is 15.4 Å². The molecule has 0 unspecified atom stereocenters. The summed E-state index contributed by atoms with van der Waals surface area (Å²) in [6, 6.07) is 12.0. The number of carbonyl (C=O) groups is 1. The smallest absolute Gasteiger partial charge is 0.261 e. The van der Waals surface area contributed by atoms with E-state index in [1.165, 1.54) is 11.3 Å². The Bertz CT molecular complexity index is 952. The van der Waals surface area contributed by atoms with Gasteiger partial charge in [0.25, 0.3) is 5.91 Å². The van der Waals surface area contributed by atoms with Crippen molar-refractivity contribution in [1.29, 1.82) is 0 Å². The molecule has 1 aliphatic heterocycles. The minimum Gasteiger partial charge on any atom is -0.384 e. The van der Waals surface area contributed by atoms with E-state index in [-0.39, 0.29) is 11.3 Å². The number of amides is 1. The monoisotopic (exact) mass is 398 g/mol. The van der Waals surface area contributed by atoms with Crippen LogP contribution in [0.2, 0.25) is 0 Å². The Balaban J connectivity index is 1.55. The molecule has 1 aromatic carbocycles. The lowest BCUT2D eigenvalue weighted by molar-refractivity contribution is 0.0512. The number of rotatable bonds is 6. The summed E-state index contributed by atoms with van der Waals surface area (Å²) < 4.78 is 7.37. The Kier molecular flexibility index (Phi) is 5.48. The van der Waals surface area contributed by atoms with Crippen molar-refractivity contribution < 1.29 is 9.53 Å². The van der Waals surface area contributed by atoms with E-state index in [1.807, 2.05) is 48.0 Å². The summed E-state index contributed by atoms with van der Waals surface area (Å²) >= 11 is 1.49. The van der Waals surface area contributed by atoms with Crippen molar-refractivity contribution in [3.05, 3.63) is 47.0 Å². The van der Waals surface area contributed by atoms with Crippen molar-refractivity contribution >= 4 is 27.5 Å². The molecule has 1 saturated heterocycles. The van der Waals surface area contributed by atoms with Crippen molar-refractivity contribution in [2.75, 3.05) is 33.4 Å². The molecule has 0 saturated carbocycles. The van der Waals surface area contributed by atoms with Gasteiger partial charge in [-0.25, -0.2) is 4.68 Å². The first-order valence-corrected chi connectivity index (χ1v) is 10.5. The van der Waals surface area contributed by atoms with E-state index in [4.69, 9.17) is 4.74 Å². The number of benzene rings is 1. The van der Waals surface area contributed by atoms with Crippen LogP contribution in [0.3, 0.4) is 0 Å². The zero-order chi connectivity index (χ0) is 19.6. The summed E-state index contributed by atoms with van der Waals surface area (Å²) in [5.41, 5.74) is 1.95. The Hall–Kier alpha value is -2.22. The SMILES string of the molecule is COCC1(CNC(=O)c2cc3c(C)nn(-c4ccccc4)c3s2)CCNCC1. The predicted octanol–water partition coefficient (Wildman–Crippen LogP) is 3.14. The molecule has 1 amide bonds. The number of methoxy groups -OCH3 is 1. The number of hydrogen-bond donors (Lipinski definition) is 2. The number of aryl methyl sites for hydroxylation is 1. The summed E-state index contributed by atoms with van der Waals surface area (Å²) in [5.74, 6) is -0.0192.